The van der Waals surface area contributed by atoms with Gasteiger partial charge in [-0.15, -0.1) is 0 Å². The molecule has 0 spiro atoms. The molecule has 1 fully saturated rings. The van der Waals surface area contributed by atoms with Crippen LogP contribution in [0.2, 0.25) is 5.02 Å². The van der Waals surface area contributed by atoms with E-state index in [0.29, 0.717) is 11.1 Å². The number of ether oxygens (including phenoxy) is 1. The molecule has 0 saturated carbocycles. The summed E-state index contributed by atoms with van der Waals surface area (Å²) in [5, 5.41) is 9.68. The summed E-state index contributed by atoms with van der Waals surface area (Å²) in [7, 11) is 0. The second kappa shape index (κ2) is 5.04. The number of nitrogens with zero attached hydrogens (tertiary/aromatic N) is 1. The molecular formula is C12H16ClNO2. The zero-order valence-corrected chi connectivity index (χ0v) is 10.1. The van der Waals surface area contributed by atoms with Gasteiger partial charge in [0.1, 0.15) is 0 Å². The average Bonchev–Trinajstić information content (AvgIpc) is 2.29. The molecule has 1 N–H and O–H groups in total. The fourth-order valence-corrected chi connectivity index (χ4v) is 2.19. The molecule has 4 heteroatoms. The summed E-state index contributed by atoms with van der Waals surface area (Å²) < 4.78 is 5.39. The van der Waals surface area contributed by atoms with Crippen LogP contribution in [-0.4, -0.2) is 30.9 Å². The lowest BCUT2D eigenvalue weighted by atomic mass is 10.1. The Balaban J connectivity index is 2.22. The van der Waals surface area contributed by atoms with E-state index in [1.807, 2.05) is 18.2 Å². The van der Waals surface area contributed by atoms with E-state index < -0.39 is 0 Å². The van der Waals surface area contributed by atoms with Crippen LogP contribution in [0.3, 0.4) is 0 Å². The zero-order chi connectivity index (χ0) is 11.5. The normalized spacial score (nSPS) is 21.2. The van der Waals surface area contributed by atoms with Crippen LogP contribution in [-0.2, 0) is 11.3 Å². The van der Waals surface area contributed by atoms with Crippen LogP contribution in [0.15, 0.2) is 18.2 Å². The summed E-state index contributed by atoms with van der Waals surface area (Å²) in [6, 6.07) is 6.15. The molecule has 1 heterocycles. The predicted molar refractivity (Wildman–Crippen MR) is 65.0 cm³/mol. The summed E-state index contributed by atoms with van der Waals surface area (Å²) in [4.78, 5) is 2.27. The number of benzene rings is 1. The summed E-state index contributed by atoms with van der Waals surface area (Å²) in [6.07, 6.45) is 0. The van der Waals surface area contributed by atoms with Crippen molar-refractivity contribution in [1.29, 1.82) is 0 Å². The first-order valence-corrected chi connectivity index (χ1v) is 5.84. The van der Waals surface area contributed by atoms with Gasteiger partial charge in [0.05, 0.1) is 19.8 Å². The standard InChI is InChI=1S/C12H16ClNO2/c1-9-8-16-5-4-14(9)11-3-2-10(7-15)12(13)6-11/h2-3,6,9,15H,4-5,7-8H2,1H3. The van der Waals surface area contributed by atoms with Gasteiger partial charge in [-0.1, -0.05) is 17.7 Å². The lowest BCUT2D eigenvalue weighted by Gasteiger charge is -2.35. The number of aliphatic hydroxyl groups is 1. The van der Waals surface area contributed by atoms with Crippen LogP contribution in [0.4, 0.5) is 5.69 Å². The molecule has 1 aromatic carbocycles. The molecule has 3 nitrogen and oxygen atoms in total. The van der Waals surface area contributed by atoms with Gasteiger partial charge in [0.25, 0.3) is 0 Å². The van der Waals surface area contributed by atoms with E-state index in [1.165, 1.54) is 0 Å². The smallest absolute Gasteiger partial charge is 0.0696 e. The Kier molecular flexibility index (Phi) is 3.69. The Morgan fingerprint density at radius 3 is 3.00 bits per heavy atom. The van der Waals surface area contributed by atoms with Gasteiger partial charge in [-0.2, -0.15) is 0 Å². The predicted octanol–water partition coefficient (Wildman–Crippen LogP) is 2.06. The van der Waals surface area contributed by atoms with Gasteiger partial charge >= 0.3 is 0 Å². The van der Waals surface area contributed by atoms with Crippen LogP contribution in [0.1, 0.15) is 12.5 Å². The molecule has 2 rings (SSSR count). The third-order valence-electron chi connectivity index (χ3n) is 2.91. The van der Waals surface area contributed by atoms with Crippen molar-refractivity contribution in [1.82, 2.24) is 0 Å². The van der Waals surface area contributed by atoms with Crippen molar-refractivity contribution in [2.75, 3.05) is 24.7 Å². The summed E-state index contributed by atoms with van der Waals surface area (Å²) in [5.74, 6) is 0. The molecule has 0 radical (unpaired) electrons. The van der Waals surface area contributed by atoms with Crippen molar-refractivity contribution >= 4 is 17.3 Å². The SMILES string of the molecule is CC1COCCN1c1ccc(CO)c(Cl)c1. The molecule has 16 heavy (non-hydrogen) atoms. The Hall–Kier alpha value is -0.770. The van der Waals surface area contributed by atoms with Gasteiger partial charge < -0.3 is 14.7 Å². The Morgan fingerprint density at radius 1 is 1.56 bits per heavy atom. The van der Waals surface area contributed by atoms with Gasteiger partial charge in [0, 0.05) is 23.3 Å². The zero-order valence-electron chi connectivity index (χ0n) is 9.32. The molecule has 0 aliphatic carbocycles. The molecular weight excluding hydrogens is 226 g/mol. The van der Waals surface area contributed by atoms with Crippen LogP contribution in [0.5, 0.6) is 0 Å². The first-order valence-electron chi connectivity index (χ1n) is 5.46. The van der Waals surface area contributed by atoms with Crippen LogP contribution < -0.4 is 4.90 Å². The molecule has 0 aromatic heterocycles. The fraction of sp³-hybridized carbons (Fsp3) is 0.500. The lowest BCUT2D eigenvalue weighted by molar-refractivity contribution is 0.0989. The second-order valence-corrected chi connectivity index (χ2v) is 4.46. The van der Waals surface area contributed by atoms with E-state index in [1.54, 1.807) is 0 Å². The van der Waals surface area contributed by atoms with Crippen molar-refractivity contribution in [3.8, 4) is 0 Å². The van der Waals surface area contributed by atoms with Crippen molar-refractivity contribution in [2.24, 2.45) is 0 Å². The Labute approximate surface area is 101 Å². The maximum absolute atomic E-state index is 9.05. The third-order valence-corrected chi connectivity index (χ3v) is 3.26. The maximum Gasteiger partial charge on any atom is 0.0696 e. The van der Waals surface area contributed by atoms with Gasteiger partial charge in [0.2, 0.25) is 0 Å². The van der Waals surface area contributed by atoms with E-state index in [0.717, 1.165) is 31.0 Å². The number of morpholine rings is 1. The van der Waals surface area contributed by atoms with Gasteiger partial charge in [-0.05, 0) is 24.6 Å². The van der Waals surface area contributed by atoms with Gasteiger partial charge in [-0.25, -0.2) is 0 Å². The monoisotopic (exact) mass is 241 g/mol. The minimum absolute atomic E-state index is 0.0161. The largest absolute Gasteiger partial charge is 0.392 e. The minimum Gasteiger partial charge on any atom is -0.392 e. The fourth-order valence-electron chi connectivity index (χ4n) is 1.95. The number of anilines is 1. The van der Waals surface area contributed by atoms with Gasteiger partial charge in [0.15, 0.2) is 0 Å². The molecule has 1 unspecified atom stereocenters. The van der Waals surface area contributed by atoms with Crippen LogP contribution in [0.25, 0.3) is 0 Å². The molecule has 0 bridgehead atoms. The third kappa shape index (κ3) is 2.32. The number of rotatable bonds is 2. The highest BCUT2D eigenvalue weighted by Gasteiger charge is 2.19. The molecule has 1 saturated heterocycles. The number of hydrogen-bond acceptors (Lipinski definition) is 3. The van der Waals surface area contributed by atoms with Crippen molar-refractivity contribution < 1.29 is 9.84 Å². The highest BCUT2D eigenvalue weighted by molar-refractivity contribution is 6.31. The Bertz CT molecular complexity index is 370. The van der Waals surface area contributed by atoms with E-state index in [2.05, 4.69) is 11.8 Å². The topological polar surface area (TPSA) is 32.7 Å². The van der Waals surface area contributed by atoms with Crippen molar-refractivity contribution in [3.63, 3.8) is 0 Å². The molecule has 0 amide bonds. The molecule has 1 aliphatic rings. The maximum atomic E-state index is 9.05. The van der Waals surface area contributed by atoms with E-state index >= 15 is 0 Å². The highest BCUT2D eigenvalue weighted by atomic mass is 35.5. The van der Waals surface area contributed by atoms with Crippen LogP contribution >= 0.6 is 11.6 Å². The average molecular weight is 242 g/mol. The summed E-state index contributed by atoms with van der Waals surface area (Å²) >= 11 is 6.08. The highest BCUT2D eigenvalue weighted by Crippen LogP contribution is 2.26. The minimum atomic E-state index is -0.0161. The van der Waals surface area contributed by atoms with Crippen molar-refractivity contribution in [3.05, 3.63) is 28.8 Å². The molecule has 1 aliphatic heterocycles. The number of halogens is 1. The lowest BCUT2D eigenvalue weighted by Crippen LogP contribution is -2.43. The molecule has 1 aromatic rings. The van der Waals surface area contributed by atoms with E-state index in [9.17, 15) is 0 Å². The van der Waals surface area contributed by atoms with E-state index in [4.69, 9.17) is 21.4 Å². The summed E-state index contributed by atoms with van der Waals surface area (Å²) in [5.41, 5.74) is 1.87. The van der Waals surface area contributed by atoms with E-state index in [-0.39, 0.29) is 6.61 Å². The Morgan fingerprint density at radius 2 is 2.38 bits per heavy atom. The van der Waals surface area contributed by atoms with Gasteiger partial charge in [-0.3, -0.25) is 0 Å². The number of hydrogen-bond donors (Lipinski definition) is 1. The summed E-state index contributed by atoms with van der Waals surface area (Å²) in [6.45, 7) is 4.50. The first kappa shape index (κ1) is 11.7. The number of aliphatic hydroxyl groups excluding tert-OH is 1. The quantitative estimate of drug-likeness (QED) is 0.860. The first-order chi connectivity index (χ1) is 7.72. The second-order valence-electron chi connectivity index (χ2n) is 4.05. The van der Waals surface area contributed by atoms with Crippen LogP contribution in [0, 0.1) is 0 Å². The van der Waals surface area contributed by atoms with Crippen molar-refractivity contribution in [2.45, 2.75) is 19.6 Å². The molecule has 88 valence electrons. The molecule has 1 atom stereocenters.